The van der Waals surface area contributed by atoms with Crippen LogP contribution in [0.1, 0.15) is 11.5 Å². The molecule has 1 saturated heterocycles. The van der Waals surface area contributed by atoms with Gasteiger partial charge in [-0.25, -0.2) is 0 Å². The standard InChI is InChI=1S/C21H29N3O4S/c1-16-4-5-18(28-16)15-24(7-6-23-8-10-27-11-9-23)21(29)22-17-12-19(25-2)14-20(13-17)26-3/h4-5,12-14H,6-11,15H2,1-3H3,(H,22,29). The largest absolute Gasteiger partial charge is 0.497 e. The number of rotatable bonds is 8. The summed E-state index contributed by atoms with van der Waals surface area (Å²) < 4.78 is 21.9. The van der Waals surface area contributed by atoms with E-state index in [1.165, 1.54) is 0 Å². The smallest absolute Gasteiger partial charge is 0.173 e. The predicted molar refractivity (Wildman–Crippen MR) is 117 cm³/mol. The molecule has 2 aromatic rings. The van der Waals surface area contributed by atoms with E-state index in [0.717, 1.165) is 56.6 Å². The first-order valence-electron chi connectivity index (χ1n) is 9.72. The van der Waals surface area contributed by atoms with Crippen LogP contribution in [0.15, 0.2) is 34.7 Å². The van der Waals surface area contributed by atoms with Gasteiger partial charge < -0.3 is 28.8 Å². The summed E-state index contributed by atoms with van der Waals surface area (Å²) in [6.45, 7) is 7.69. The van der Waals surface area contributed by atoms with Gasteiger partial charge in [-0.3, -0.25) is 4.90 Å². The Bertz CT molecular complexity index is 783. The Balaban J connectivity index is 1.70. The minimum absolute atomic E-state index is 0.602. The highest BCUT2D eigenvalue weighted by Crippen LogP contribution is 2.26. The van der Waals surface area contributed by atoms with Crippen molar-refractivity contribution in [2.24, 2.45) is 0 Å². The maximum Gasteiger partial charge on any atom is 0.173 e. The van der Waals surface area contributed by atoms with Crippen LogP contribution in [0, 0.1) is 6.92 Å². The first kappa shape index (κ1) is 21.4. The van der Waals surface area contributed by atoms with Gasteiger partial charge >= 0.3 is 0 Å². The molecule has 7 nitrogen and oxygen atoms in total. The van der Waals surface area contributed by atoms with Crippen molar-refractivity contribution in [1.29, 1.82) is 0 Å². The highest BCUT2D eigenvalue weighted by Gasteiger charge is 2.17. The molecule has 1 N–H and O–H groups in total. The molecule has 158 valence electrons. The van der Waals surface area contributed by atoms with E-state index >= 15 is 0 Å². The number of hydrogen-bond donors (Lipinski definition) is 1. The molecular formula is C21H29N3O4S. The molecule has 0 saturated carbocycles. The Hall–Kier alpha value is -2.29. The van der Waals surface area contributed by atoms with Crippen LogP contribution in [0.2, 0.25) is 0 Å². The van der Waals surface area contributed by atoms with Crippen LogP contribution in [0.25, 0.3) is 0 Å². The number of morpholine rings is 1. The summed E-state index contributed by atoms with van der Waals surface area (Å²) in [5, 5.41) is 3.95. The number of hydrogen-bond acceptors (Lipinski definition) is 6. The highest BCUT2D eigenvalue weighted by atomic mass is 32.1. The fourth-order valence-electron chi connectivity index (χ4n) is 3.18. The molecule has 1 aliphatic rings. The quantitative estimate of drug-likeness (QED) is 0.655. The molecule has 0 amide bonds. The highest BCUT2D eigenvalue weighted by molar-refractivity contribution is 7.80. The maximum atomic E-state index is 5.78. The van der Waals surface area contributed by atoms with Crippen LogP contribution in [0.5, 0.6) is 11.5 Å². The molecule has 0 unspecified atom stereocenters. The topological polar surface area (TPSA) is 59.3 Å². The summed E-state index contributed by atoms with van der Waals surface area (Å²) >= 11 is 5.74. The fraction of sp³-hybridized carbons (Fsp3) is 0.476. The van der Waals surface area contributed by atoms with Gasteiger partial charge in [-0.2, -0.15) is 0 Å². The van der Waals surface area contributed by atoms with E-state index in [1.54, 1.807) is 14.2 Å². The molecule has 1 aromatic carbocycles. The lowest BCUT2D eigenvalue weighted by Crippen LogP contribution is -2.43. The Morgan fingerprint density at radius 3 is 2.41 bits per heavy atom. The number of benzene rings is 1. The third-order valence-electron chi connectivity index (χ3n) is 4.82. The van der Waals surface area contributed by atoms with Gasteiger partial charge in [0.15, 0.2) is 5.11 Å². The minimum Gasteiger partial charge on any atom is -0.497 e. The van der Waals surface area contributed by atoms with Crippen LogP contribution in [0.4, 0.5) is 5.69 Å². The van der Waals surface area contributed by atoms with Gasteiger partial charge in [-0.1, -0.05) is 0 Å². The third-order valence-corrected chi connectivity index (χ3v) is 5.18. The molecule has 0 bridgehead atoms. The SMILES string of the molecule is COc1cc(NC(=S)N(CCN2CCOCC2)Cc2ccc(C)o2)cc(OC)c1. The number of ether oxygens (including phenoxy) is 3. The molecular weight excluding hydrogens is 390 g/mol. The van der Waals surface area contributed by atoms with Gasteiger partial charge in [0.2, 0.25) is 0 Å². The number of furan rings is 1. The number of nitrogens with one attached hydrogen (secondary N) is 1. The lowest BCUT2D eigenvalue weighted by atomic mass is 10.2. The van der Waals surface area contributed by atoms with Crippen molar-refractivity contribution in [2.75, 3.05) is 58.9 Å². The number of thiocarbonyl (C=S) groups is 1. The average molecular weight is 420 g/mol. The van der Waals surface area contributed by atoms with E-state index < -0.39 is 0 Å². The van der Waals surface area contributed by atoms with Gasteiger partial charge in [0, 0.05) is 50.1 Å². The lowest BCUT2D eigenvalue weighted by molar-refractivity contribution is 0.0356. The van der Waals surface area contributed by atoms with Crippen LogP contribution < -0.4 is 14.8 Å². The second-order valence-corrected chi connectivity index (χ2v) is 7.31. The van der Waals surface area contributed by atoms with Crippen molar-refractivity contribution >= 4 is 23.0 Å². The molecule has 2 heterocycles. The molecule has 1 fully saturated rings. The van der Waals surface area contributed by atoms with E-state index in [2.05, 4.69) is 15.1 Å². The second kappa shape index (κ2) is 10.5. The van der Waals surface area contributed by atoms with E-state index in [0.29, 0.717) is 23.2 Å². The summed E-state index contributed by atoms with van der Waals surface area (Å²) in [7, 11) is 3.26. The van der Waals surface area contributed by atoms with Crippen molar-refractivity contribution in [3.63, 3.8) is 0 Å². The van der Waals surface area contributed by atoms with Crippen LogP contribution in [-0.2, 0) is 11.3 Å². The van der Waals surface area contributed by atoms with E-state index in [1.807, 2.05) is 37.3 Å². The minimum atomic E-state index is 0.602. The Labute approximate surface area is 177 Å². The normalized spacial score (nSPS) is 14.4. The number of nitrogens with zero attached hydrogens (tertiary/aromatic N) is 2. The van der Waals surface area contributed by atoms with E-state index in [9.17, 15) is 0 Å². The first-order valence-corrected chi connectivity index (χ1v) is 10.1. The predicted octanol–water partition coefficient (Wildman–Crippen LogP) is 3.14. The van der Waals surface area contributed by atoms with Gasteiger partial charge in [-0.15, -0.1) is 0 Å². The first-order chi connectivity index (χ1) is 14.1. The summed E-state index contributed by atoms with van der Waals surface area (Å²) in [5.74, 6) is 3.19. The van der Waals surface area contributed by atoms with Crippen molar-refractivity contribution in [2.45, 2.75) is 13.5 Å². The Kier molecular flexibility index (Phi) is 7.74. The van der Waals surface area contributed by atoms with Crippen LogP contribution >= 0.6 is 12.2 Å². The van der Waals surface area contributed by atoms with Gasteiger partial charge in [0.1, 0.15) is 23.0 Å². The van der Waals surface area contributed by atoms with Crippen LogP contribution in [0.3, 0.4) is 0 Å². The van der Waals surface area contributed by atoms with Gasteiger partial charge in [-0.05, 0) is 31.3 Å². The molecule has 1 aromatic heterocycles. The fourth-order valence-corrected chi connectivity index (χ4v) is 3.45. The van der Waals surface area contributed by atoms with Crippen molar-refractivity contribution in [1.82, 2.24) is 9.80 Å². The summed E-state index contributed by atoms with van der Waals surface area (Å²) in [6.07, 6.45) is 0. The van der Waals surface area contributed by atoms with Crippen molar-refractivity contribution < 1.29 is 18.6 Å². The zero-order valence-corrected chi connectivity index (χ0v) is 18.1. The van der Waals surface area contributed by atoms with E-state index in [-0.39, 0.29) is 0 Å². The molecule has 0 spiro atoms. The molecule has 0 radical (unpaired) electrons. The summed E-state index contributed by atoms with van der Waals surface area (Å²) in [6, 6.07) is 9.58. The van der Waals surface area contributed by atoms with Crippen LogP contribution in [-0.4, -0.2) is 68.5 Å². The number of methoxy groups -OCH3 is 2. The zero-order valence-electron chi connectivity index (χ0n) is 17.3. The summed E-state index contributed by atoms with van der Waals surface area (Å²) in [5.41, 5.74) is 0.818. The lowest BCUT2D eigenvalue weighted by Gasteiger charge is -2.31. The number of aryl methyl sites for hydroxylation is 1. The molecule has 3 rings (SSSR count). The van der Waals surface area contributed by atoms with Crippen molar-refractivity contribution in [3.05, 3.63) is 41.9 Å². The Morgan fingerprint density at radius 2 is 1.83 bits per heavy atom. The Morgan fingerprint density at radius 1 is 1.14 bits per heavy atom. The maximum absolute atomic E-state index is 5.78. The zero-order chi connectivity index (χ0) is 20.6. The average Bonchev–Trinajstić information content (AvgIpc) is 3.16. The molecule has 0 atom stereocenters. The monoisotopic (exact) mass is 419 g/mol. The van der Waals surface area contributed by atoms with Crippen molar-refractivity contribution in [3.8, 4) is 11.5 Å². The van der Waals surface area contributed by atoms with Gasteiger partial charge in [0.25, 0.3) is 0 Å². The second-order valence-electron chi connectivity index (χ2n) is 6.92. The molecule has 8 heteroatoms. The molecule has 29 heavy (non-hydrogen) atoms. The van der Waals surface area contributed by atoms with Gasteiger partial charge in [0.05, 0.1) is 34.0 Å². The molecule has 0 aliphatic carbocycles. The third kappa shape index (κ3) is 6.35. The summed E-state index contributed by atoms with van der Waals surface area (Å²) in [4.78, 5) is 4.51. The van der Waals surface area contributed by atoms with E-state index in [4.69, 9.17) is 30.8 Å². The molecule has 1 aliphatic heterocycles. The number of anilines is 1.